The number of hydrogen-bond donors (Lipinski definition) is 4. The standard InChI is InChI=1S/C29H23NO6/c1-2-16-6-8-17(9-7-16)28(33)30-23-5-3-4-22(29(34)35)27(23)26-20-12-10-18(31)14-24(20)36-25-15-19(32)11-13-21(25)26/h3-15,24,31-32H,2H2,1H3,(H,30,33)(H,34,35). The monoisotopic (exact) mass is 481 g/mol. The first-order valence-electron chi connectivity index (χ1n) is 11.5. The topological polar surface area (TPSA) is 116 Å². The van der Waals surface area contributed by atoms with Crippen LogP contribution in [-0.4, -0.2) is 33.3 Å². The van der Waals surface area contributed by atoms with Crippen LogP contribution >= 0.6 is 0 Å². The van der Waals surface area contributed by atoms with Crippen LogP contribution in [0, 0.1) is 0 Å². The molecule has 0 aromatic heterocycles. The maximum absolute atomic E-state index is 13.2. The SMILES string of the molecule is CCc1ccc(C(=O)Nc2cccc(C(=O)O)c2C2=C3C=CC(O)=CC3Oc3cc(O)ccc32)cc1. The van der Waals surface area contributed by atoms with Crippen molar-refractivity contribution in [1.82, 2.24) is 0 Å². The Labute approximate surface area is 207 Å². The van der Waals surface area contributed by atoms with Crippen LogP contribution in [0.15, 0.2) is 90.2 Å². The van der Waals surface area contributed by atoms with Gasteiger partial charge in [0.05, 0.1) is 5.56 Å². The molecule has 180 valence electrons. The van der Waals surface area contributed by atoms with E-state index in [9.17, 15) is 24.9 Å². The summed E-state index contributed by atoms with van der Waals surface area (Å²) >= 11 is 0. The molecule has 0 saturated carbocycles. The predicted molar refractivity (Wildman–Crippen MR) is 136 cm³/mol. The predicted octanol–water partition coefficient (Wildman–Crippen LogP) is 5.48. The van der Waals surface area contributed by atoms with Gasteiger partial charge in [0.1, 0.15) is 23.4 Å². The lowest BCUT2D eigenvalue weighted by Gasteiger charge is -2.31. The molecule has 1 aliphatic heterocycles. The summed E-state index contributed by atoms with van der Waals surface area (Å²) in [7, 11) is 0. The van der Waals surface area contributed by atoms with Gasteiger partial charge < -0.3 is 25.4 Å². The average molecular weight is 482 g/mol. The van der Waals surface area contributed by atoms with Gasteiger partial charge in [-0.3, -0.25) is 4.79 Å². The van der Waals surface area contributed by atoms with Crippen LogP contribution in [0.25, 0.3) is 5.57 Å². The number of ether oxygens (including phenoxy) is 1. The quantitative estimate of drug-likeness (QED) is 0.384. The highest BCUT2D eigenvalue weighted by Crippen LogP contribution is 2.46. The van der Waals surface area contributed by atoms with Gasteiger partial charge in [0.2, 0.25) is 0 Å². The van der Waals surface area contributed by atoms with Gasteiger partial charge in [-0.05, 0) is 54.5 Å². The molecular weight excluding hydrogens is 458 g/mol. The van der Waals surface area contributed by atoms with Gasteiger partial charge in [-0.15, -0.1) is 0 Å². The van der Waals surface area contributed by atoms with E-state index < -0.39 is 12.1 Å². The van der Waals surface area contributed by atoms with Gasteiger partial charge in [-0.2, -0.15) is 0 Å². The number of amides is 1. The molecule has 1 heterocycles. The van der Waals surface area contributed by atoms with E-state index in [4.69, 9.17) is 4.74 Å². The second kappa shape index (κ2) is 9.11. The number of benzene rings is 3. The maximum atomic E-state index is 13.2. The highest BCUT2D eigenvalue weighted by atomic mass is 16.5. The Kier molecular flexibility index (Phi) is 5.82. The number of anilines is 1. The number of fused-ring (bicyclic) bond motifs is 2. The first-order valence-corrected chi connectivity index (χ1v) is 11.5. The number of aromatic hydroxyl groups is 1. The fourth-order valence-corrected chi connectivity index (χ4v) is 4.47. The van der Waals surface area contributed by atoms with Crippen LogP contribution in [0.5, 0.6) is 11.5 Å². The Morgan fingerprint density at radius 2 is 1.78 bits per heavy atom. The molecule has 1 amide bonds. The third-order valence-electron chi connectivity index (χ3n) is 6.26. The number of phenolic OH excluding ortho intramolecular Hbond substituents is 1. The van der Waals surface area contributed by atoms with Gasteiger partial charge in [-0.25, -0.2) is 4.79 Å². The summed E-state index contributed by atoms with van der Waals surface area (Å²) in [6, 6.07) is 16.5. The third-order valence-corrected chi connectivity index (χ3v) is 6.26. The maximum Gasteiger partial charge on any atom is 0.336 e. The minimum Gasteiger partial charge on any atom is -0.508 e. The Morgan fingerprint density at radius 3 is 2.50 bits per heavy atom. The van der Waals surface area contributed by atoms with Crippen molar-refractivity contribution in [1.29, 1.82) is 0 Å². The first-order chi connectivity index (χ1) is 17.4. The minimum absolute atomic E-state index is 0.00211. The molecule has 3 aromatic carbocycles. The molecule has 36 heavy (non-hydrogen) atoms. The van der Waals surface area contributed by atoms with Gasteiger partial charge >= 0.3 is 5.97 Å². The van der Waals surface area contributed by atoms with E-state index in [-0.39, 0.29) is 23.0 Å². The molecule has 4 N–H and O–H groups in total. The van der Waals surface area contributed by atoms with Crippen molar-refractivity contribution in [2.45, 2.75) is 19.4 Å². The number of carboxylic acid groups (broad SMARTS) is 1. The second-order valence-electron chi connectivity index (χ2n) is 8.51. The smallest absolute Gasteiger partial charge is 0.336 e. The Hall–Kier alpha value is -4.78. The van der Waals surface area contributed by atoms with E-state index in [2.05, 4.69) is 5.32 Å². The van der Waals surface area contributed by atoms with Crippen molar-refractivity contribution in [3.05, 3.63) is 118 Å². The molecule has 2 aliphatic rings. The highest BCUT2D eigenvalue weighted by Gasteiger charge is 2.33. The van der Waals surface area contributed by atoms with Crippen LogP contribution < -0.4 is 10.1 Å². The molecule has 0 fully saturated rings. The molecule has 1 unspecified atom stereocenters. The van der Waals surface area contributed by atoms with Crippen molar-refractivity contribution in [2.24, 2.45) is 0 Å². The molecule has 0 radical (unpaired) electrons. The number of hydrogen-bond acceptors (Lipinski definition) is 5. The molecule has 3 aromatic rings. The molecule has 7 heteroatoms. The zero-order valence-electron chi connectivity index (χ0n) is 19.4. The number of aliphatic hydroxyl groups excluding tert-OH is 1. The molecule has 1 atom stereocenters. The van der Waals surface area contributed by atoms with E-state index in [1.54, 1.807) is 36.4 Å². The number of carbonyl (C=O) groups is 2. The summed E-state index contributed by atoms with van der Waals surface area (Å²) in [5.74, 6) is -1.24. The number of nitrogens with one attached hydrogen (secondary N) is 1. The van der Waals surface area contributed by atoms with Crippen molar-refractivity contribution >= 4 is 23.1 Å². The fourth-order valence-electron chi connectivity index (χ4n) is 4.47. The van der Waals surface area contributed by atoms with Crippen molar-refractivity contribution < 1.29 is 29.6 Å². The summed E-state index contributed by atoms with van der Waals surface area (Å²) in [4.78, 5) is 25.5. The molecule has 1 aliphatic carbocycles. The Balaban J connectivity index is 1.70. The van der Waals surface area contributed by atoms with Gasteiger partial charge in [0, 0.05) is 45.7 Å². The number of aliphatic hydroxyl groups is 1. The lowest BCUT2D eigenvalue weighted by atomic mass is 9.83. The van der Waals surface area contributed by atoms with Crippen molar-refractivity contribution in [3.8, 4) is 11.5 Å². The van der Waals surface area contributed by atoms with Gasteiger partial charge in [0.25, 0.3) is 5.91 Å². The summed E-state index contributed by atoms with van der Waals surface area (Å²) in [5, 5.41) is 33.1. The van der Waals surface area contributed by atoms with Gasteiger partial charge in [-0.1, -0.05) is 31.2 Å². The lowest BCUT2D eigenvalue weighted by molar-refractivity contribution is 0.0696. The van der Waals surface area contributed by atoms with Crippen LogP contribution in [0.2, 0.25) is 0 Å². The summed E-state index contributed by atoms with van der Waals surface area (Å²) < 4.78 is 6.01. The number of carbonyl (C=O) groups excluding carboxylic acids is 1. The Bertz CT molecular complexity index is 1480. The van der Waals surface area contributed by atoms with Crippen molar-refractivity contribution in [2.75, 3.05) is 5.32 Å². The zero-order valence-corrected chi connectivity index (χ0v) is 19.4. The zero-order chi connectivity index (χ0) is 25.4. The van der Waals surface area contributed by atoms with E-state index in [1.807, 2.05) is 19.1 Å². The van der Waals surface area contributed by atoms with Gasteiger partial charge in [0.15, 0.2) is 0 Å². The first kappa shape index (κ1) is 23.0. The molecule has 0 spiro atoms. The number of rotatable bonds is 5. The average Bonchev–Trinajstić information content (AvgIpc) is 2.87. The van der Waals surface area contributed by atoms with E-state index in [1.165, 1.54) is 30.4 Å². The van der Waals surface area contributed by atoms with Crippen molar-refractivity contribution in [3.63, 3.8) is 0 Å². The summed E-state index contributed by atoms with van der Waals surface area (Å²) in [6.07, 6.45) is 4.79. The number of phenols is 1. The summed E-state index contributed by atoms with van der Waals surface area (Å²) in [6.45, 7) is 2.03. The Morgan fingerprint density at radius 1 is 1.00 bits per heavy atom. The van der Waals surface area contributed by atoms with Crippen LogP contribution in [-0.2, 0) is 6.42 Å². The lowest BCUT2D eigenvalue weighted by Crippen LogP contribution is -2.25. The fraction of sp³-hybridized carbons (Fsp3) is 0.103. The minimum atomic E-state index is -1.16. The van der Waals surface area contributed by atoms with Crippen LogP contribution in [0.1, 0.15) is 44.3 Å². The molecular formula is C29H23NO6. The molecule has 0 bridgehead atoms. The van der Waals surface area contributed by atoms with Crippen LogP contribution in [0.4, 0.5) is 5.69 Å². The number of aryl methyl sites for hydroxylation is 1. The normalized spacial score (nSPS) is 15.9. The van der Waals surface area contributed by atoms with E-state index >= 15 is 0 Å². The summed E-state index contributed by atoms with van der Waals surface area (Å²) in [5.41, 5.74) is 3.83. The third kappa shape index (κ3) is 4.11. The molecule has 7 nitrogen and oxygen atoms in total. The highest BCUT2D eigenvalue weighted by molar-refractivity contribution is 6.09. The largest absolute Gasteiger partial charge is 0.508 e. The van der Waals surface area contributed by atoms with Crippen LogP contribution in [0.3, 0.4) is 0 Å². The van der Waals surface area contributed by atoms with E-state index in [0.29, 0.717) is 39.3 Å². The van der Waals surface area contributed by atoms with E-state index in [0.717, 1.165) is 12.0 Å². The molecule has 0 saturated heterocycles. The molecule has 5 rings (SSSR count). The number of aromatic carboxylic acids is 1. The number of carboxylic acids is 1. The number of allylic oxidation sites excluding steroid dienone is 1. The second-order valence-corrected chi connectivity index (χ2v) is 8.51.